The number of rotatable bonds is 3. The Balaban J connectivity index is 1.85. The molecule has 4 heteroatoms. The Bertz CT molecular complexity index is 933. The number of hydrogen-bond donors (Lipinski definition) is 1. The SMILES string of the molecule is Cc1cc(C)c(-c2csc(NC(=O)c3ccc(C)c(C)c3)n2)c(C)c1. The highest BCUT2D eigenvalue weighted by Gasteiger charge is 2.13. The minimum Gasteiger partial charge on any atom is -0.298 e. The molecule has 1 amide bonds. The fourth-order valence-corrected chi connectivity index (χ4v) is 3.78. The highest BCUT2D eigenvalue weighted by Crippen LogP contribution is 2.31. The van der Waals surface area contributed by atoms with Crippen molar-refractivity contribution in [1.29, 1.82) is 0 Å². The lowest BCUT2D eigenvalue weighted by molar-refractivity contribution is 0.102. The van der Waals surface area contributed by atoms with E-state index in [2.05, 4.69) is 43.2 Å². The van der Waals surface area contributed by atoms with Gasteiger partial charge in [-0.05, 0) is 69.0 Å². The van der Waals surface area contributed by atoms with Gasteiger partial charge in [-0.25, -0.2) is 4.98 Å². The summed E-state index contributed by atoms with van der Waals surface area (Å²) in [5.74, 6) is -0.124. The summed E-state index contributed by atoms with van der Waals surface area (Å²) in [6.45, 7) is 10.3. The van der Waals surface area contributed by atoms with Gasteiger partial charge in [0.15, 0.2) is 5.13 Å². The van der Waals surface area contributed by atoms with Crippen LogP contribution in [0.5, 0.6) is 0 Å². The van der Waals surface area contributed by atoms with Crippen LogP contribution in [0.3, 0.4) is 0 Å². The molecule has 0 fully saturated rings. The third kappa shape index (κ3) is 3.64. The lowest BCUT2D eigenvalue weighted by atomic mass is 9.98. The first-order chi connectivity index (χ1) is 11.8. The molecule has 0 spiro atoms. The van der Waals surface area contributed by atoms with E-state index in [0.717, 1.165) is 16.8 Å². The van der Waals surface area contributed by atoms with Gasteiger partial charge < -0.3 is 0 Å². The quantitative estimate of drug-likeness (QED) is 0.667. The Labute approximate surface area is 152 Å². The first kappa shape index (κ1) is 17.4. The molecule has 1 heterocycles. The highest BCUT2D eigenvalue weighted by atomic mass is 32.1. The summed E-state index contributed by atoms with van der Waals surface area (Å²) >= 11 is 1.45. The van der Waals surface area contributed by atoms with Crippen molar-refractivity contribution in [3.8, 4) is 11.3 Å². The molecule has 2 aromatic carbocycles. The number of thiazole rings is 1. The zero-order valence-electron chi connectivity index (χ0n) is 15.2. The summed E-state index contributed by atoms with van der Waals surface area (Å²) in [6, 6.07) is 10.1. The zero-order chi connectivity index (χ0) is 18.1. The van der Waals surface area contributed by atoms with Gasteiger partial charge in [0, 0.05) is 16.5 Å². The van der Waals surface area contributed by atoms with Crippen LogP contribution in [-0.4, -0.2) is 10.9 Å². The van der Waals surface area contributed by atoms with Gasteiger partial charge in [0.05, 0.1) is 5.69 Å². The van der Waals surface area contributed by atoms with Gasteiger partial charge in [-0.15, -0.1) is 11.3 Å². The van der Waals surface area contributed by atoms with Crippen LogP contribution >= 0.6 is 11.3 Å². The van der Waals surface area contributed by atoms with Gasteiger partial charge in [0.2, 0.25) is 0 Å². The summed E-state index contributed by atoms with van der Waals surface area (Å²) in [6.07, 6.45) is 0. The molecule has 0 aliphatic carbocycles. The van der Waals surface area contributed by atoms with Crippen LogP contribution in [0.25, 0.3) is 11.3 Å². The molecule has 0 saturated heterocycles. The van der Waals surface area contributed by atoms with Crippen LogP contribution in [0.1, 0.15) is 38.2 Å². The van der Waals surface area contributed by atoms with E-state index in [-0.39, 0.29) is 5.91 Å². The molecule has 1 N–H and O–H groups in total. The molecule has 128 valence electrons. The van der Waals surface area contributed by atoms with Gasteiger partial charge in [-0.1, -0.05) is 23.8 Å². The summed E-state index contributed by atoms with van der Waals surface area (Å²) in [4.78, 5) is 17.1. The van der Waals surface area contributed by atoms with Crippen LogP contribution in [-0.2, 0) is 0 Å². The monoisotopic (exact) mass is 350 g/mol. The largest absolute Gasteiger partial charge is 0.298 e. The average Bonchev–Trinajstić information content (AvgIpc) is 2.97. The van der Waals surface area contributed by atoms with Crippen molar-refractivity contribution >= 4 is 22.4 Å². The molecule has 3 rings (SSSR count). The van der Waals surface area contributed by atoms with Crippen molar-refractivity contribution in [3.63, 3.8) is 0 Å². The molecule has 25 heavy (non-hydrogen) atoms. The maximum atomic E-state index is 12.5. The molecule has 0 unspecified atom stereocenters. The lowest BCUT2D eigenvalue weighted by Crippen LogP contribution is -2.12. The van der Waals surface area contributed by atoms with Crippen LogP contribution < -0.4 is 5.32 Å². The van der Waals surface area contributed by atoms with Crippen LogP contribution in [0, 0.1) is 34.6 Å². The van der Waals surface area contributed by atoms with Crippen LogP contribution in [0.15, 0.2) is 35.7 Å². The number of hydrogen-bond acceptors (Lipinski definition) is 3. The van der Waals surface area contributed by atoms with E-state index in [0.29, 0.717) is 10.7 Å². The Hall–Kier alpha value is -2.46. The number of aromatic nitrogens is 1. The molecule has 0 saturated carbocycles. The summed E-state index contributed by atoms with van der Waals surface area (Å²) in [5, 5.41) is 5.54. The second kappa shape index (κ2) is 6.81. The third-order valence-corrected chi connectivity index (χ3v) is 5.18. The van der Waals surface area contributed by atoms with E-state index in [4.69, 9.17) is 0 Å². The number of carbonyl (C=O) groups excluding carboxylic acids is 1. The standard InChI is InChI=1S/C21H22N2OS/c1-12-8-15(4)19(16(5)9-12)18-11-25-21(22-18)23-20(24)17-7-6-13(2)14(3)10-17/h6-11H,1-5H3,(H,22,23,24). The minimum absolute atomic E-state index is 0.124. The summed E-state index contributed by atoms with van der Waals surface area (Å²) < 4.78 is 0. The second-order valence-corrected chi connectivity index (χ2v) is 7.42. The number of aryl methyl sites for hydroxylation is 5. The molecule has 0 bridgehead atoms. The van der Waals surface area contributed by atoms with Gasteiger partial charge in [-0.2, -0.15) is 0 Å². The Morgan fingerprint density at radius 1 is 0.920 bits per heavy atom. The van der Waals surface area contributed by atoms with Crippen LogP contribution in [0.2, 0.25) is 0 Å². The normalized spacial score (nSPS) is 10.8. The minimum atomic E-state index is -0.124. The maximum absolute atomic E-state index is 12.5. The molecule has 0 aliphatic heterocycles. The number of nitrogens with zero attached hydrogens (tertiary/aromatic N) is 1. The Morgan fingerprint density at radius 2 is 1.60 bits per heavy atom. The third-order valence-electron chi connectivity index (χ3n) is 4.43. The topological polar surface area (TPSA) is 42.0 Å². The molecule has 1 aromatic heterocycles. The van der Waals surface area contributed by atoms with E-state index in [1.807, 2.05) is 37.4 Å². The molecular weight excluding hydrogens is 328 g/mol. The summed E-state index contributed by atoms with van der Waals surface area (Å²) in [5.41, 5.74) is 8.66. The average molecular weight is 350 g/mol. The van der Waals surface area contributed by atoms with Gasteiger partial charge in [-0.3, -0.25) is 10.1 Å². The van der Waals surface area contributed by atoms with E-state index in [1.165, 1.54) is 33.6 Å². The molecule has 3 aromatic rings. The van der Waals surface area contributed by atoms with Gasteiger partial charge in [0.25, 0.3) is 5.91 Å². The fraction of sp³-hybridized carbons (Fsp3) is 0.238. The molecule has 3 nitrogen and oxygen atoms in total. The fourth-order valence-electron chi connectivity index (χ4n) is 3.08. The summed E-state index contributed by atoms with van der Waals surface area (Å²) in [7, 11) is 0. The first-order valence-corrected chi connectivity index (χ1v) is 9.15. The number of amides is 1. The highest BCUT2D eigenvalue weighted by molar-refractivity contribution is 7.14. The van der Waals surface area contributed by atoms with Gasteiger partial charge >= 0.3 is 0 Å². The van der Waals surface area contributed by atoms with Crippen molar-refractivity contribution < 1.29 is 4.79 Å². The van der Waals surface area contributed by atoms with Gasteiger partial charge in [0.1, 0.15) is 0 Å². The van der Waals surface area contributed by atoms with Crippen molar-refractivity contribution in [3.05, 3.63) is 69.1 Å². The second-order valence-electron chi connectivity index (χ2n) is 6.56. The van der Waals surface area contributed by atoms with Crippen molar-refractivity contribution in [2.45, 2.75) is 34.6 Å². The number of carbonyl (C=O) groups is 1. The first-order valence-electron chi connectivity index (χ1n) is 8.27. The van der Waals surface area contributed by atoms with Crippen molar-refractivity contribution in [2.75, 3.05) is 5.32 Å². The van der Waals surface area contributed by atoms with Crippen molar-refractivity contribution in [2.24, 2.45) is 0 Å². The maximum Gasteiger partial charge on any atom is 0.257 e. The van der Waals surface area contributed by atoms with E-state index in [1.54, 1.807) is 0 Å². The molecule has 0 aliphatic rings. The predicted molar refractivity (Wildman–Crippen MR) is 106 cm³/mol. The predicted octanol–water partition coefficient (Wildman–Crippen LogP) is 5.60. The molecule has 0 radical (unpaired) electrons. The molecular formula is C21H22N2OS. The Morgan fingerprint density at radius 3 is 2.24 bits per heavy atom. The van der Waals surface area contributed by atoms with E-state index in [9.17, 15) is 4.79 Å². The zero-order valence-corrected chi connectivity index (χ0v) is 16.0. The Kier molecular flexibility index (Phi) is 4.73. The smallest absolute Gasteiger partial charge is 0.257 e. The number of nitrogens with one attached hydrogen (secondary N) is 1. The van der Waals surface area contributed by atoms with E-state index >= 15 is 0 Å². The van der Waals surface area contributed by atoms with E-state index < -0.39 is 0 Å². The van der Waals surface area contributed by atoms with Crippen molar-refractivity contribution in [1.82, 2.24) is 4.98 Å². The number of benzene rings is 2. The number of anilines is 1. The molecule has 0 atom stereocenters. The lowest BCUT2D eigenvalue weighted by Gasteiger charge is -2.09. The van der Waals surface area contributed by atoms with Crippen LogP contribution in [0.4, 0.5) is 5.13 Å².